The summed E-state index contributed by atoms with van der Waals surface area (Å²) in [5.41, 5.74) is 5.44. The van der Waals surface area contributed by atoms with Gasteiger partial charge < -0.3 is 9.74 Å². The molecule has 3 nitrogen and oxygen atoms in total. The van der Waals surface area contributed by atoms with Gasteiger partial charge in [0.15, 0.2) is 0 Å². The largest absolute Gasteiger partial charge is 0.372 e. The van der Waals surface area contributed by atoms with E-state index in [2.05, 4.69) is 48.5 Å². The third-order valence-electron chi connectivity index (χ3n) is 2.59. The Morgan fingerprint density at radius 1 is 1.06 bits per heavy atom. The Labute approximate surface area is 98.4 Å². The molecular weight excluding hydrogens is 200 g/mol. The van der Waals surface area contributed by atoms with Crippen LogP contribution in [-0.2, 0) is 11.4 Å². The lowest BCUT2D eigenvalue weighted by molar-refractivity contribution is 0.0463. The Kier molecular flexibility index (Phi) is 5.90. The summed E-state index contributed by atoms with van der Waals surface area (Å²) in [6.07, 6.45) is 0. The second-order valence-electron chi connectivity index (χ2n) is 3.59. The molecule has 0 aliphatic carbocycles. The Hall–Kier alpha value is -1.06. The van der Waals surface area contributed by atoms with Gasteiger partial charge in [-0.2, -0.15) is 5.48 Å². The fourth-order valence-corrected chi connectivity index (χ4v) is 1.65. The standard InChI is InChI=1S/C13H22N2O/c1-4-15(5-2)13-9-7-12(8-10-13)11-14-16-6-3/h7-10,14H,4-6,11H2,1-3H3. The summed E-state index contributed by atoms with van der Waals surface area (Å²) in [7, 11) is 0. The number of hydroxylamine groups is 1. The molecule has 0 unspecified atom stereocenters. The van der Waals surface area contributed by atoms with Gasteiger partial charge in [0.2, 0.25) is 0 Å². The molecule has 0 aliphatic rings. The van der Waals surface area contributed by atoms with Gasteiger partial charge >= 0.3 is 0 Å². The van der Waals surface area contributed by atoms with Crippen LogP contribution in [0.15, 0.2) is 24.3 Å². The van der Waals surface area contributed by atoms with E-state index in [-0.39, 0.29) is 0 Å². The molecule has 0 heterocycles. The van der Waals surface area contributed by atoms with Crippen LogP contribution in [0.3, 0.4) is 0 Å². The van der Waals surface area contributed by atoms with Crippen molar-refractivity contribution in [2.24, 2.45) is 0 Å². The minimum atomic E-state index is 0.692. The predicted molar refractivity (Wildman–Crippen MR) is 68.5 cm³/mol. The van der Waals surface area contributed by atoms with Crippen molar-refractivity contribution in [3.63, 3.8) is 0 Å². The smallest absolute Gasteiger partial charge is 0.0654 e. The molecule has 0 atom stereocenters. The zero-order chi connectivity index (χ0) is 11.8. The Morgan fingerprint density at radius 2 is 1.69 bits per heavy atom. The number of hydrogen-bond acceptors (Lipinski definition) is 3. The average molecular weight is 222 g/mol. The van der Waals surface area contributed by atoms with Crippen LogP contribution in [0.1, 0.15) is 26.3 Å². The van der Waals surface area contributed by atoms with Crippen LogP contribution in [0.25, 0.3) is 0 Å². The van der Waals surface area contributed by atoms with Crippen molar-refractivity contribution in [2.45, 2.75) is 27.3 Å². The fraction of sp³-hybridized carbons (Fsp3) is 0.538. The maximum Gasteiger partial charge on any atom is 0.0654 e. The molecule has 0 fully saturated rings. The first-order valence-corrected chi connectivity index (χ1v) is 6.00. The van der Waals surface area contributed by atoms with Gasteiger partial charge in [-0.3, -0.25) is 0 Å². The second-order valence-corrected chi connectivity index (χ2v) is 3.59. The highest BCUT2D eigenvalue weighted by atomic mass is 16.6. The van der Waals surface area contributed by atoms with E-state index in [1.807, 2.05) is 6.92 Å². The summed E-state index contributed by atoms with van der Waals surface area (Å²) < 4.78 is 0. The van der Waals surface area contributed by atoms with Gasteiger partial charge in [-0.25, -0.2) is 0 Å². The van der Waals surface area contributed by atoms with E-state index in [1.165, 1.54) is 11.3 Å². The molecule has 0 aliphatic heterocycles. The molecule has 0 spiro atoms. The van der Waals surface area contributed by atoms with Crippen molar-refractivity contribution < 1.29 is 4.84 Å². The molecule has 1 aromatic carbocycles. The van der Waals surface area contributed by atoms with Gasteiger partial charge in [0.25, 0.3) is 0 Å². The first kappa shape index (κ1) is 13.0. The van der Waals surface area contributed by atoms with E-state index in [1.54, 1.807) is 0 Å². The van der Waals surface area contributed by atoms with E-state index in [0.717, 1.165) is 19.6 Å². The first-order chi connectivity index (χ1) is 7.81. The van der Waals surface area contributed by atoms with E-state index >= 15 is 0 Å². The van der Waals surface area contributed by atoms with Crippen molar-refractivity contribution in [3.8, 4) is 0 Å². The summed E-state index contributed by atoms with van der Waals surface area (Å²) in [6.45, 7) is 9.86. The lowest BCUT2D eigenvalue weighted by atomic mass is 10.2. The van der Waals surface area contributed by atoms with Crippen LogP contribution < -0.4 is 10.4 Å². The monoisotopic (exact) mass is 222 g/mol. The second kappa shape index (κ2) is 7.25. The lowest BCUT2D eigenvalue weighted by Crippen LogP contribution is -2.21. The number of anilines is 1. The SMILES string of the molecule is CCONCc1ccc(N(CC)CC)cc1. The third kappa shape index (κ3) is 3.83. The average Bonchev–Trinajstić information content (AvgIpc) is 2.33. The Morgan fingerprint density at radius 3 is 2.19 bits per heavy atom. The highest BCUT2D eigenvalue weighted by Crippen LogP contribution is 2.14. The van der Waals surface area contributed by atoms with Crippen LogP contribution in [-0.4, -0.2) is 19.7 Å². The van der Waals surface area contributed by atoms with Crippen LogP contribution in [0, 0.1) is 0 Å². The van der Waals surface area contributed by atoms with Crippen molar-refractivity contribution in [2.75, 3.05) is 24.6 Å². The fourth-order valence-electron chi connectivity index (χ4n) is 1.65. The molecular formula is C13H22N2O. The summed E-state index contributed by atoms with van der Waals surface area (Å²) in [5.74, 6) is 0. The molecule has 0 bridgehead atoms. The van der Waals surface area contributed by atoms with Gasteiger partial charge in [-0.05, 0) is 38.5 Å². The number of benzene rings is 1. The topological polar surface area (TPSA) is 24.5 Å². The number of nitrogens with zero attached hydrogens (tertiary/aromatic N) is 1. The predicted octanol–water partition coefficient (Wildman–Crippen LogP) is 2.57. The van der Waals surface area contributed by atoms with E-state index in [0.29, 0.717) is 6.61 Å². The van der Waals surface area contributed by atoms with E-state index in [9.17, 15) is 0 Å². The minimum Gasteiger partial charge on any atom is -0.372 e. The molecule has 0 amide bonds. The zero-order valence-corrected chi connectivity index (χ0v) is 10.5. The van der Waals surface area contributed by atoms with Crippen molar-refractivity contribution in [1.82, 2.24) is 5.48 Å². The summed E-state index contributed by atoms with van der Waals surface area (Å²) >= 11 is 0. The van der Waals surface area contributed by atoms with Gasteiger partial charge in [0.05, 0.1) is 6.61 Å². The molecule has 0 saturated carbocycles. The highest BCUT2D eigenvalue weighted by molar-refractivity contribution is 5.47. The summed E-state index contributed by atoms with van der Waals surface area (Å²) in [6, 6.07) is 8.60. The molecule has 1 aromatic rings. The number of nitrogens with one attached hydrogen (secondary N) is 1. The molecule has 16 heavy (non-hydrogen) atoms. The minimum absolute atomic E-state index is 0.692. The van der Waals surface area contributed by atoms with E-state index < -0.39 is 0 Å². The third-order valence-corrected chi connectivity index (χ3v) is 2.59. The van der Waals surface area contributed by atoms with Crippen LogP contribution in [0.2, 0.25) is 0 Å². The van der Waals surface area contributed by atoms with Crippen LogP contribution in [0.5, 0.6) is 0 Å². The van der Waals surface area contributed by atoms with Crippen LogP contribution >= 0.6 is 0 Å². The molecule has 3 heteroatoms. The number of hydrogen-bond donors (Lipinski definition) is 1. The van der Waals surface area contributed by atoms with E-state index in [4.69, 9.17) is 4.84 Å². The molecule has 1 N–H and O–H groups in total. The Balaban J connectivity index is 2.53. The van der Waals surface area contributed by atoms with Crippen molar-refractivity contribution in [3.05, 3.63) is 29.8 Å². The molecule has 0 saturated heterocycles. The molecule has 0 aromatic heterocycles. The molecule has 90 valence electrons. The van der Waals surface area contributed by atoms with Gasteiger partial charge in [-0.1, -0.05) is 12.1 Å². The molecule has 1 rings (SSSR count). The number of rotatable bonds is 7. The molecule has 0 radical (unpaired) electrons. The summed E-state index contributed by atoms with van der Waals surface area (Å²) in [4.78, 5) is 7.43. The Bertz CT molecular complexity index is 280. The zero-order valence-electron chi connectivity index (χ0n) is 10.5. The highest BCUT2D eigenvalue weighted by Gasteiger charge is 2.00. The summed E-state index contributed by atoms with van der Waals surface area (Å²) in [5, 5.41) is 0. The van der Waals surface area contributed by atoms with Crippen molar-refractivity contribution in [1.29, 1.82) is 0 Å². The van der Waals surface area contributed by atoms with Gasteiger partial charge in [-0.15, -0.1) is 0 Å². The maximum atomic E-state index is 5.10. The first-order valence-electron chi connectivity index (χ1n) is 6.00. The lowest BCUT2D eigenvalue weighted by Gasteiger charge is -2.21. The quantitative estimate of drug-likeness (QED) is 0.567. The van der Waals surface area contributed by atoms with Crippen LogP contribution in [0.4, 0.5) is 5.69 Å². The van der Waals surface area contributed by atoms with Crippen molar-refractivity contribution >= 4 is 5.69 Å². The van der Waals surface area contributed by atoms with Gasteiger partial charge in [0, 0.05) is 25.3 Å². The maximum absolute atomic E-state index is 5.10. The normalized spacial score (nSPS) is 10.4. The van der Waals surface area contributed by atoms with Gasteiger partial charge in [0.1, 0.15) is 0 Å².